The summed E-state index contributed by atoms with van der Waals surface area (Å²) in [5.74, 6) is 0. The Hall–Kier alpha value is 0.440. The Bertz CT molecular complexity index is 117. The van der Waals surface area contributed by atoms with E-state index in [1.165, 1.54) is 0 Å². The molecule has 3 heteroatoms. The van der Waals surface area contributed by atoms with Crippen LogP contribution >= 0.6 is 10.7 Å². The van der Waals surface area contributed by atoms with Crippen LogP contribution in [0.2, 0.25) is 0 Å². The fraction of sp³-hybridized carbons (Fsp3) is 1.00. The number of hydrogen-bond acceptors (Lipinski definition) is 1. The number of hydrogen-bond donors (Lipinski definition) is 0. The van der Waals surface area contributed by atoms with Gasteiger partial charge in [0.25, 0.3) is 0 Å². The zero-order chi connectivity index (χ0) is 7.65. The first-order chi connectivity index (χ1) is 3.85. The molecular weight excluding hydrogens is 156 g/mol. The lowest BCUT2D eigenvalue weighted by Crippen LogP contribution is -2.24. The van der Waals surface area contributed by atoms with Crippen LogP contribution < -0.4 is 0 Å². The van der Waals surface area contributed by atoms with E-state index in [0.29, 0.717) is 0 Å². The van der Waals surface area contributed by atoms with E-state index in [9.17, 15) is 4.21 Å². The molecule has 0 aromatic heterocycles. The topological polar surface area (TPSA) is 17.1 Å². The van der Waals surface area contributed by atoms with E-state index < -0.39 is 10.0 Å². The van der Waals surface area contributed by atoms with E-state index >= 15 is 0 Å². The molecule has 2 atom stereocenters. The van der Waals surface area contributed by atoms with Crippen LogP contribution in [0.25, 0.3) is 0 Å². The van der Waals surface area contributed by atoms with Crippen molar-refractivity contribution in [2.45, 2.75) is 32.9 Å². The second kappa shape index (κ2) is 3.02. The van der Waals surface area contributed by atoms with Crippen molar-refractivity contribution < 1.29 is 4.21 Å². The Labute approximate surface area is 63.7 Å². The van der Waals surface area contributed by atoms with Gasteiger partial charge in [-0.05, 0) is 23.0 Å². The van der Waals surface area contributed by atoms with Gasteiger partial charge in [-0.25, -0.2) is 4.21 Å². The van der Waals surface area contributed by atoms with E-state index in [4.69, 9.17) is 10.7 Å². The maximum Gasteiger partial charge on any atom is 0.118 e. The van der Waals surface area contributed by atoms with E-state index in [-0.39, 0.29) is 10.7 Å². The molecule has 0 N–H and O–H groups in total. The summed E-state index contributed by atoms with van der Waals surface area (Å²) in [5, 5.41) is 0.0548. The third kappa shape index (κ3) is 3.21. The smallest absolute Gasteiger partial charge is 0.118 e. The highest BCUT2D eigenvalue weighted by molar-refractivity contribution is 8.08. The maximum atomic E-state index is 10.7. The highest BCUT2D eigenvalue weighted by Gasteiger charge is 2.24. The predicted molar refractivity (Wildman–Crippen MR) is 42.9 cm³/mol. The van der Waals surface area contributed by atoms with Crippen LogP contribution in [0.3, 0.4) is 0 Å². The molecule has 0 aliphatic rings. The second-order valence-corrected chi connectivity index (χ2v) is 5.37. The maximum absolute atomic E-state index is 10.7. The molecule has 0 fully saturated rings. The average molecular weight is 169 g/mol. The standard InChI is InChI=1S/C6H13ClOS/c1-5(9(7)8)6(2,3)4/h5H,1-4H3. The summed E-state index contributed by atoms with van der Waals surface area (Å²) < 4.78 is 10.7. The lowest BCUT2D eigenvalue weighted by Gasteiger charge is -2.23. The normalized spacial score (nSPS) is 19.2. The van der Waals surface area contributed by atoms with Crippen molar-refractivity contribution >= 4 is 20.7 Å². The number of rotatable bonds is 1. The van der Waals surface area contributed by atoms with Crippen LogP contribution in [0.5, 0.6) is 0 Å². The second-order valence-electron chi connectivity index (χ2n) is 3.26. The summed E-state index contributed by atoms with van der Waals surface area (Å²) in [6.45, 7) is 7.97. The molecule has 0 amide bonds. The van der Waals surface area contributed by atoms with E-state index in [1.54, 1.807) is 0 Å². The van der Waals surface area contributed by atoms with Crippen molar-refractivity contribution in [1.82, 2.24) is 0 Å². The summed E-state index contributed by atoms with van der Waals surface area (Å²) in [6, 6.07) is 0. The molecule has 0 spiro atoms. The van der Waals surface area contributed by atoms with Crippen LogP contribution in [-0.4, -0.2) is 9.46 Å². The Balaban J connectivity index is 4.04. The summed E-state index contributed by atoms with van der Waals surface area (Å²) in [6.07, 6.45) is 0. The van der Waals surface area contributed by atoms with Crippen LogP contribution in [-0.2, 0) is 10.0 Å². The highest BCUT2D eigenvalue weighted by Crippen LogP contribution is 2.24. The minimum atomic E-state index is -1.21. The van der Waals surface area contributed by atoms with Crippen molar-refractivity contribution in [3.63, 3.8) is 0 Å². The van der Waals surface area contributed by atoms with Gasteiger partial charge in [-0.1, -0.05) is 20.8 Å². The van der Waals surface area contributed by atoms with Gasteiger partial charge in [-0.3, -0.25) is 0 Å². The predicted octanol–water partition coefficient (Wildman–Crippen LogP) is 2.32. The molecule has 56 valence electrons. The fourth-order valence-corrected chi connectivity index (χ4v) is 1.64. The van der Waals surface area contributed by atoms with Gasteiger partial charge in [0, 0.05) is 0 Å². The molecule has 0 heterocycles. The lowest BCUT2D eigenvalue weighted by molar-refractivity contribution is 0.405. The van der Waals surface area contributed by atoms with E-state index in [2.05, 4.69) is 0 Å². The molecule has 0 saturated carbocycles. The van der Waals surface area contributed by atoms with Gasteiger partial charge in [0.2, 0.25) is 0 Å². The molecule has 2 unspecified atom stereocenters. The van der Waals surface area contributed by atoms with Gasteiger partial charge >= 0.3 is 0 Å². The van der Waals surface area contributed by atoms with Crippen molar-refractivity contribution in [2.24, 2.45) is 5.41 Å². The molecule has 0 aromatic rings. The quantitative estimate of drug-likeness (QED) is 0.550. The van der Waals surface area contributed by atoms with Gasteiger partial charge < -0.3 is 0 Å². The number of halogens is 1. The summed E-state index contributed by atoms with van der Waals surface area (Å²) >= 11 is 0. The fourth-order valence-electron chi connectivity index (χ4n) is 0.278. The summed E-state index contributed by atoms with van der Waals surface area (Å²) in [7, 11) is 4.18. The van der Waals surface area contributed by atoms with Gasteiger partial charge in [0.05, 0.1) is 5.25 Å². The van der Waals surface area contributed by atoms with Gasteiger partial charge in [-0.2, -0.15) is 0 Å². The van der Waals surface area contributed by atoms with Gasteiger partial charge in [0.15, 0.2) is 0 Å². The third-order valence-corrected chi connectivity index (χ3v) is 3.56. The first-order valence-electron chi connectivity index (χ1n) is 2.92. The van der Waals surface area contributed by atoms with E-state index in [1.807, 2.05) is 27.7 Å². The Kier molecular flexibility index (Phi) is 3.17. The summed E-state index contributed by atoms with van der Waals surface area (Å²) in [5.41, 5.74) is 0.0482. The molecule has 0 radical (unpaired) electrons. The Morgan fingerprint density at radius 2 is 1.78 bits per heavy atom. The monoisotopic (exact) mass is 168 g/mol. The van der Waals surface area contributed by atoms with Gasteiger partial charge in [-0.15, -0.1) is 0 Å². The van der Waals surface area contributed by atoms with Crippen LogP contribution in [0.15, 0.2) is 0 Å². The van der Waals surface area contributed by atoms with Crippen molar-refractivity contribution in [1.29, 1.82) is 0 Å². The first-order valence-corrected chi connectivity index (χ1v) is 4.96. The molecule has 0 bridgehead atoms. The zero-order valence-corrected chi connectivity index (χ0v) is 7.84. The summed E-state index contributed by atoms with van der Waals surface area (Å²) in [4.78, 5) is 0. The highest BCUT2D eigenvalue weighted by atomic mass is 35.7. The molecule has 0 aliphatic carbocycles. The molecular formula is C6H13ClOS. The Morgan fingerprint density at radius 1 is 1.44 bits per heavy atom. The van der Waals surface area contributed by atoms with Crippen molar-refractivity contribution in [2.75, 3.05) is 0 Å². The zero-order valence-electron chi connectivity index (χ0n) is 6.27. The largest absolute Gasteiger partial charge is 0.242 e. The molecule has 0 rings (SSSR count). The minimum absolute atomic E-state index is 0.0482. The molecule has 9 heavy (non-hydrogen) atoms. The van der Waals surface area contributed by atoms with Crippen LogP contribution in [0, 0.1) is 5.41 Å². The lowest BCUT2D eigenvalue weighted by atomic mass is 9.93. The van der Waals surface area contributed by atoms with E-state index in [0.717, 1.165) is 0 Å². The SMILES string of the molecule is CC(S(=O)Cl)C(C)(C)C. The molecule has 0 aromatic carbocycles. The molecule has 0 saturated heterocycles. The van der Waals surface area contributed by atoms with Crippen molar-refractivity contribution in [3.8, 4) is 0 Å². The van der Waals surface area contributed by atoms with Crippen LogP contribution in [0.1, 0.15) is 27.7 Å². The average Bonchev–Trinajstić information content (AvgIpc) is 1.62. The van der Waals surface area contributed by atoms with Crippen molar-refractivity contribution in [3.05, 3.63) is 0 Å². The molecule has 0 aliphatic heterocycles. The molecule has 1 nitrogen and oxygen atoms in total. The van der Waals surface area contributed by atoms with Gasteiger partial charge in [0.1, 0.15) is 10.0 Å². The minimum Gasteiger partial charge on any atom is -0.242 e. The third-order valence-electron chi connectivity index (χ3n) is 1.50. The Morgan fingerprint density at radius 3 is 1.78 bits per heavy atom. The van der Waals surface area contributed by atoms with Crippen LogP contribution in [0.4, 0.5) is 0 Å². The first kappa shape index (κ1) is 9.44.